The van der Waals surface area contributed by atoms with Crippen LogP contribution in [0.2, 0.25) is 0 Å². The van der Waals surface area contributed by atoms with E-state index in [4.69, 9.17) is 4.74 Å². The number of hydrogen-bond acceptors (Lipinski definition) is 2. The average molecular weight is 413 g/mol. The van der Waals surface area contributed by atoms with Gasteiger partial charge in [0.1, 0.15) is 6.54 Å². The zero-order valence-corrected chi connectivity index (χ0v) is 18.9. The molecule has 0 aliphatic heterocycles. The van der Waals surface area contributed by atoms with E-state index >= 15 is 0 Å². The number of unbranched alkanes of at least 4 members (excludes halogenated alkanes) is 8. The number of aryl methyl sites for hydroxylation is 1. The zero-order valence-electron chi connectivity index (χ0n) is 18.9. The van der Waals surface area contributed by atoms with Gasteiger partial charge >= 0.3 is 5.97 Å². The highest BCUT2D eigenvalue weighted by Gasteiger charge is 2.55. The monoisotopic (exact) mass is 412 g/mol. The fraction of sp³-hybridized carbons (Fsp3) is 0.778. The summed E-state index contributed by atoms with van der Waals surface area (Å²) in [6.07, 6.45) is 23.4. The maximum atomic E-state index is 12.8. The van der Waals surface area contributed by atoms with Crippen molar-refractivity contribution >= 4 is 5.97 Å². The Labute approximate surface area is 183 Å². The molecule has 30 heavy (non-hydrogen) atoms. The van der Waals surface area contributed by atoms with Crippen LogP contribution in [0.1, 0.15) is 96.3 Å². The summed E-state index contributed by atoms with van der Waals surface area (Å²) >= 11 is 0. The molecule has 4 fully saturated rings. The van der Waals surface area contributed by atoms with Gasteiger partial charge in [-0.15, -0.1) is 0 Å². The number of carbonyl (C=O) groups excluding carboxylic acids is 1. The van der Waals surface area contributed by atoms with Gasteiger partial charge in [-0.1, -0.05) is 44.6 Å². The lowest BCUT2D eigenvalue weighted by Crippen LogP contribution is -2.50. The van der Waals surface area contributed by atoms with E-state index in [1.807, 2.05) is 0 Å². The summed E-state index contributed by atoms with van der Waals surface area (Å²) in [5.74, 6) is 2.62. The van der Waals surface area contributed by atoms with Crippen LogP contribution in [0, 0.1) is 23.2 Å². The Kier molecular flexibility index (Phi) is 7.84. The van der Waals surface area contributed by atoms with Crippen LogP contribution in [0.5, 0.6) is 0 Å². The Morgan fingerprint density at radius 2 is 1.23 bits per heavy atom. The highest BCUT2D eigenvalue weighted by molar-refractivity contribution is 5.77. The molecule has 0 saturated heterocycles. The second-order valence-electron chi connectivity index (χ2n) is 10.6. The van der Waals surface area contributed by atoms with Crippen molar-refractivity contribution in [1.82, 2.24) is 0 Å². The summed E-state index contributed by atoms with van der Waals surface area (Å²) in [4.78, 5) is 12.8. The fourth-order valence-corrected chi connectivity index (χ4v) is 6.90. The minimum absolute atomic E-state index is 0.0756. The van der Waals surface area contributed by atoms with Gasteiger partial charge in [-0.2, -0.15) is 0 Å². The standard InChI is InChI=1S/C27H42NO2/c29-26(27-20-23-17-24(21-27)19-25(18-23)22-27)30-16-12-7-5-3-1-2-4-6-9-13-28-14-10-8-11-15-28/h8,10-11,14-15,23-25H,1-7,9,12-13,16-22H2/q+1. The highest BCUT2D eigenvalue weighted by atomic mass is 16.5. The third-order valence-electron chi connectivity index (χ3n) is 8.04. The molecule has 0 N–H and O–H groups in total. The van der Waals surface area contributed by atoms with Gasteiger partial charge < -0.3 is 4.74 Å². The van der Waals surface area contributed by atoms with Gasteiger partial charge in [0.05, 0.1) is 12.0 Å². The lowest BCUT2D eigenvalue weighted by atomic mass is 9.49. The lowest BCUT2D eigenvalue weighted by Gasteiger charge is -2.55. The molecule has 4 saturated carbocycles. The van der Waals surface area contributed by atoms with Gasteiger partial charge in [-0.05, 0) is 69.1 Å². The summed E-state index contributed by atoms with van der Waals surface area (Å²) in [5.41, 5.74) is -0.0756. The van der Waals surface area contributed by atoms with Gasteiger partial charge in [-0.25, -0.2) is 4.57 Å². The van der Waals surface area contributed by atoms with Crippen molar-refractivity contribution in [2.75, 3.05) is 6.61 Å². The molecule has 0 amide bonds. The first-order chi connectivity index (χ1) is 14.7. The van der Waals surface area contributed by atoms with E-state index in [1.165, 1.54) is 70.6 Å². The van der Waals surface area contributed by atoms with E-state index < -0.39 is 0 Å². The van der Waals surface area contributed by atoms with Crippen molar-refractivity contribution in [3.8, 4) is 0 Å². The molecule has 3 nitrogen and oxygen atoms in total. The quantitative estimate of drug-likeness (QED) is 0.218. The SMILES string of the molecule is O=C(OCCCCCCCCCCC[n+]1ccccc1)C12CC3CC(CC(C3)C1)C2. The average Bonchev–Trinajstić information content (AvgIpc) is 2.74. The fourth-order valence-electron chi connectivity index (χ4n) is 6.90. The second-order valence-corrected chi connectivity index (χ2v) is 10.6. The number of hydrogen-bond donors (Lipinski definition) is 0. The van der Waals surface area contributed by atoms with Crippen LogP contribution in [0.3, 0.4) is 0 Å². The largest absolute Gasteiger partial charge is 0.465 e. The summed E-state index contributed by atoms with van der Waals surface area (Å²) in [6, 6.07) is 6.28. The molecule has 0 aromatic carbocycles. The second kappa shape index (κ2) is 10.8. The first-order valence-electron chi connectivity index (χ1n) is 12.8. The van der Waals surface area contributed by atoms with Crippen LogP contribution in [0.25, 0.3) is 0 Å². The van der Waals surface area contributed by atoms with Crippen molar-refractivity contribution in [1.29, 1.82) is 0 Å². The third-order valence-corrected chi connectivity index (χ3v) is 8.04. The first kappa shape index (κ1) is 21.8. The molecule has 166 valence electrons. The molecule has 5 rings (SSSR count). The van der Waals surface area contributed by atoms with Crippen molar-refractivity contribution < 1.29 is 14.1 Å². The molecular formula is C27H42NO2+. The Morgan fingerprint density at radius 1 is 0.733 bits per heavy atom. The molecule has 1 aromatic heterocycles. The number of nitrogens with zero attached hydrogens (tertiary/aromatic N) is 1. The molecule has 4 aliphatic rings. The number of esters is 1. The van der Waals surface area contributed by atoms with Crippen LogP contribution < -0.4 is 4.57 Å². The Bertz CT molecular complexity index is 621. The molecular weight excluding hydrogens is 370 g/mol. The summed E-state index contributed by atoms with van der Waals surface area (Å²) in [6.45, 7) is 1.79. The number of rotatable bonds is 13. The van der Waals surface area contributed by atoms with E-state index in [0.29, 0.717) is 6.61 Å². The molecule has 4 bridgehead atoms. The van der Waals surface area contributed by atoms with Crippen LogP contribution in [-0.2, 0) is 16.1 Å². The zero-order chi connectivity index (χ0) is 20.7. The third kappa shape index (κ3) is 5.86. The normalized spacial score (nSPS) is 29.3. The number of pyridine rings is 1. The molecule has 3 heteroatoms. The van der Waals surface area contributed by atoms with Crippen LogP contribution in [0.4, 0.5) is 0 Å². The topological polar surface area (TPSA) is 30.2 Å². The maximum absolute atomic E-state index is 12.8. The van der Waals surface area contributed by atoms with Gasteiger partial charge in [0, 0.05) is 18.6 Å². The number of carbonyl (C=O) groups is 1. The number of ether oxygens (including phenoxy) is 1. The summed E-state index contributed by atoms with van der Waals surface area (Å²) in [5, 5.41) is 0. The van der Waals surface area contributed by atoms with Crippen molar-refractivity contribution in [3.05, 3.63) is 30.6 Å². The summed E-state index contributed by atoms with van der Waals surface area (Å²) < 4.78 is 8.07. The van der Waals surface area contributed by atoms with Crippen LogP contribution in [0.15, 0.2) is 30.6 Å². The minimum Gasteiger partial charge on any atom is -0.465 e. The van der Waals surface area contributed by atoms with Gasteiger partial charge in [0.25, 0.3) is 0 Å². The van der Waals surface area contributed by atoms with Crippen LogP contribution >= 0.6 is 0 Å². The highest BCUT2D eigenvalue weighted by Crippen LogP contribution is 2.60. The maximum Gasteiger partial charge on any atom is 0.312 e. The molecule has 1 aromatic rings. The molecule has 0 atom stereocenters. The first-order valence-corrected chi connectivity index (χ1v) is 12.8. The number of aromatic nitrogens is 1. The Balaban J connectivity index is 0.972. The van der Waals surface area contributed by atoms with E-state index in [2.05, 4.69) is 35.2 Å². The Morgan fingerprint density at radius 3 is 1.80 bits per heavy atom. The van der Waals surface area contributed by atoms with Gasteiger partial charge in [0.2, 0.25) is 0 Å². The molecule has 0 unspecified atom stereocenters. The van der Waals surface area contributed by atoms with Crippen molar-refractivity contribution in [3.63, 3.8) is 0 Å². The predicted octanol–water partition coefficient (Wildman–Crippen LogP) is 6.24. The van der Waals surface area contributed by atoms with Gasteiger partial charge in [-0.3, -0.25) is 4.79 Å². The van der Waals surface area contributed by atoms with Crippen molar-refractivity contribution in [2.24, 2.45) is 23.2 Å². The van der Waals surface area contributed by atoms with Gasteiger partial charge in [0.15, 0.2) is 12.4 Å². The summed E-state index contributed by atoms with van der Waals surface area (Å²) in [7, 11) is 0. The molecule has 4 aliphatic carbocycles. The van der Waals surface area contributed by atoms with E-state index in [0.717, 1.165) is 50.0 Å². The van der Waals surface area contributed by atoms with E-state index in [1.54, 1.807) is 0 Å². The minimum atomic E-state index is -0.0756. The molecule has 0 radical (unpaired) electrons. The smallest absolute Gasteiger partial charge is 0.312 e. The predicted molar refractivity (Wildman–Crippen MR) is 120 cm³/mol. The molecule has 1 heterocycles. The Hall–Kier alpha value is -1.38. The van der Waals surface area contributed by atoms with Crippen LogP contribution in [-0.4, -0.2) is 12.6 Å². The van der Waals surface area contributed by atoms with E-state index in [9.17, 15) is 4.79 Å². The van der Waals surface area contributed by atoms with Crippen molar-refractivity contribution in [2.45, 2.75) is 103 Å². The van der Waals surface area contributed by atoms with E-state index in [-0.39, 0.29) is 11.4 Å². The molecule has 0 spiro atoms. The lowest BCUT2D eigenvalue weighted by molar-refractivity contribution is -0.697.